The van der Waals surface area contributed by atoms with Gasteiger partial charge in [-0.25, -0.2) is 0 Å². The molecule has 196 valence electrons. The first kappa shape index (κ1) is 32.2. The van der Waals surface area contributed by atoms with Crippen LogP contribution in [-0.2, 0) is 23.8 Å². The van der Waals surface area contributed by atoms with Crippen molar-refractivity contribution in [1.82, 2.24) is 5.32 Å². The number of rotatable bonds is 25. The molecule has 0 atom stereocenters. The minimum absolute atomic E-state index is 0.0808. The van der Waals surface area contributed by atoms with Crippen LogP contribution in [0.3, 0.4) is 0 Å². The van der Waals surface area contributed by atoms with Crippen molar-refractivity contribution in [3.63, 3.8) is 0 Å². The second-order valence-electron chi connectivity index (χ2n) is 8.27. The van der Waals surface area contributed by atoms with Gasteiger partial charge in [0.2, 0.25) is 5.91 Å². The van der Waals surface area contributed by atoms with Crippen molar-refractivity contribution in [2.75, 3.05) is 46.2 Å². The molecule has 6 nitrogen and oxygen atoms in total. The first-order valence-electron chi connectivity index (χ1n) is 13.1. The molecule has 0 fully saturated rings. The maximum absolute atomic E-state index is 11.8. The Balaban J connectivity index is 3.33. The zero-order valence-corrected chi connectivity index (χ0v) is 21.7. The second kappa shape index (κ2) is 27.5. The summed E-state index contributed by atoms with van der Waals surface area (Å²) in [5, 5.41) is 2.88. The van der Waals surface area contributed by atoms with E-state index in [1.165, 1.54) is 25.7 Å². The molecular formula is C28H49NO5. The van der Waals surface area contributed by atoms with Crippen LogP contribution in [0.25, 0.3) is 0 Å². The Labute approximate surface area is 208 Å². The lowest BCUT2D eigenvalue weighted by Crippen LogP contribution is -2.27. The summed E-state index contributed by atoms with van der Waals surface area (Å²) in [6.07, 6.45) is 24.4. The third kappa shape index (κ3) is 28.3. The number of Topliss-reactive ketones (excluding diaryl/α,β-unsaturated/α-hetero) is 1. The fourth-order valence-corrected chi connectivity index (χ4v) is 2.95. The molecule has 0 saturated heterocycles. The molecule has 0 saturated carbocycles. The number of hydrogen-bond donors (Lipinski definition) is 1. The number of ether oxygens (including phenoxy) is 3. The van der Waals surface area contributed by atoms with Gasteiger partial charge in [0.1, 0.15) is 5.78 Å². The molecular weight excluding hydrogens is 430 g/mol. The minimum atomic E-state index is 0.0808. The summed E-state index contributed by atoms with van der Waals surface area (Å²) in [6.45, 7) is 7.17. The van der Waals surface area contributed by atoms with Crippen molar-refractivity contribution in [3.8, 4) is 0 Å². The van der Waals surface area contributed by atoms with Gasteiger partial charge in [-0.05, 0) is 51.9 Å². The van der Waals surface area contributed by atoms with E-state index in [4.69, 9.17) is 14.2 Å². The average molecular weight is 480 g/mol. The monoisotopic (exact) mass is 479 g/mol. The Bertz CT molecular complexity index is 557. The van der Waals surface area contributed by atoms with E-state index in [1.54, 1.807) is 6.92 Å². The van der Waals surface area contributed by atoms with Gasteiger partial charge in [-0.3, -0.25) is 9.59 Å². The molecule has 0 aromatic heterocycles. The lowest BCUT2D eigenvalue weighted by atomic mass is 10.1. The first-order valence-corrected chi connectivity index (χ1v) is 13.1. The zero-order valence-electron chi connectivity index (χ0n) is 21.7. The lowest BCUT2D eigenvalue weighted by Gasteiger charge is -2.07. The fourth-order valence-electron chi connectivity index (χ4n) is 2.95. The highest BCUT2D eigenvalue weighted by Crippen LogP contribution is 2.03. The van der Waals surface area contributed by atoms with Crippen molar-refractivity contribution in [1.29, 1.82) is 0 Å². The van der Waals surface area contributed by atoms with E-state index in [2.05, 4.69) is 48.7 Å². The Morgan fingerprint density at radius 1 is 0.647 bits per heavy atom. The summed E-state index contributed by atoms with van der Waals surface area (Å²) in [5.74, 6) is 0.210. The molecule has 0 rings (SSSR count). The van der Waals surface area contributed by atoms with Crippen molar-refractivity contribution in [3.05, 3.63) is 36.5 Å². The first-order chi connectivity index (χ1) is 16.7. The number of carbonyl (C=O) groups excluding carboxylic acids is 2. The Hall–Kier alpha value is -1.76. The molecule has 0 aromatic rings. The lowest BCUT2D eigenvalue weighted by molar-refractivity contribution is -0.121. The smallest absolute Gasteiger partial charge is 0.220 e. The van der Waals surface area contributed by atoms with E-state index >= 15 is 0 Å². The quantitative estimate of drug-likeness (QED) is 0.134. The number of nitrogens with one attached hydrogen (secondary N) is 1. The van der Waals surface area contributed by atoms with Crippen LogP contribution in [0.1, 0.15) is 84.5 Å². The topological polar surface area (TPSA) is 73.9 Å². The summed E-state index contributed by atoms with van der Waals surface area (Å²) >= 11 is 0. The number of amides is 1. The van der Waals surface area contributed by atoms with E-state index in [1.807, 2.05) is 0 Å². The summed E-state index contributed by atoms with van der Waals surface area (Å²) < 4.78 is 16.1. The van der Waals surface area contributed by atoms with Gasteiger partial charge < -0.3 is 19.5 Å². The van der Waals surface area contributed by atoms with E-state index in [9.17, 15) is 9.59 Å². The maximum Gasteiger partial charge on any atom is 0.220 e. The third-order valence-electron chi connectivity index (χ3n) is 4.95. The van der Waals surface area contributed by atoms with Crippen molar-refractivity contribution in [2.24, 2.45) is 0 Å². The number of ketones is 1. The Morgan fingerprint density at radius 2 is 1.18 bits per heavy atom. The summed E-state index contributed by atoms with van der Waals surface area (Å²) in [5.41, 5.74) is 0. The molecule has 0 unspecified atom stereocenters. The summed E-state index contributed by atoms with van der Waals surface area (Å²) in [4.78, 5) is 22.6. The van der Waals surface area contributed by atoms with Gasteiger partial charge in [0.15, 0.2) is 0 Å². The predicted octanol–water partition coefficient (Wildman–Crippen LogP) is 5.72. The van der Waals surface area contributed by atoms with Crippen molar-refractivity contribution >= 4 is 11.7 Å². The minimum Gasteiger partial charge on any atom is -0.379 e. The van der Waals surface area contributed by atoms with Crippen molar-refractivity contribution < 1.29 is 23.8 Å². The molecule has 0 radical (unpaired) electrons. The highest BCUT2D eigenvalue weighted by molar-refractivity contribution is 5.75. The van der Waals surface area contributed by atoms with Gasteiger partial charge in [-0.1, -0.05) is 56.2 Å². The van der Waals surface area contributed by atoms with Gasteiger partial charge in [-0.15, -0.1) is 0 Å². The van der Waals surface area contributed by atoms with E-state index in [-0.39, 0.29) is 11.7 Å². The molecule has 34 heavy (non-hydrogen) atoms. The molecule has 0 aromatic carbocycles. The van der Waals surface area contributed by atoms with Gasteiger partial charge in [0.05, 0.1) is 39.6 Å². The van der Waals surface area contributed by atoms with Gasteiger partial charge in [-0.2, -0.15) is 0 Å². The van der Waals surface area contributed by atoms with Crippen LogP contribution in [0.4, 0.5) is 0 Å². The maximum atomic E-state index is 11.8. The number of hydrogen-bond acceptors (Lipinski definition) is 5. The predicted molar refractivity (Wildman–Crippen MR) is 140 cm³/mol. The van der Waals surface area contributed by atoms with Crippen LogP contribution in [-0.4, -0.2) is 57.9 Å². The van der Waals surface area contributed by atoms with Gasteiger partial charge in [0, 0.05) is 19.4 Å². The molecule has 0 aliphatic rings. The van der Waals surface area contributed by atoms with E-state index < -0.39 is 0 Å². The van der Waals surface area contributed by atoms with Crippen LogP contribution in [0.5, 0.6) is 0 Å². The second-order valence-corrected chi connectivity index (χ2v) is 8.27. The standard InChI is InChI=1S/C28H49NO5/c1-3-4-5-6-7-8-9-10-11-12-13-14-15-16-17-18-28(31)29-20-22-33-24-26-34-25-23-32-21-19-27(2)30/h7-8,10-11,13-14H,3-6,9,12,15-26H2,1-2H3,(H,29,31)/b8-7-,11-10-,14-13-. The zero-order chi connectivity index (χ0) is 25.0. The van der Waals surface area contributed by atoms with Crippen LogP contribution < -0.4 is 5.32 Å². The highest BCUT2D eigenvalue weighted by atomic mass is 16.5. The Kier molecular flexibility index (Phi) is 26.1. The number of unbranched alkanes of at least 4 members (excludes halogenated alkanes) is 5. The summed E-state index contributed by atoms with van der Waals surface area (Å²) in [6, 6.07) is 0. The van der Waals surface area contributed by atoms with Gasteiger partial charge >= 0.3 is 0 Å². The van der Waals surface area contributed by atoms with Crippen LogP contribution in [0.2, 0.25) is 0 Å². The van der Waals surface area contributed by atoms with Crippen LogP contribution >= 0.6 is 0 Å². The largest absolute Gasteiger partial charge is 0.379 e. The molecule has 1 N–H and O–H groups in total. The van der Waals surface area contributed by atoms with Crippen LogP contribution in [0, 0.1) is 0 Å². The molecule has 0 spiro atoms. The van der Waals surface area contributed by atoms with Crippen molar-refractivity contribution in [2.45, 2.75) is 84.5 Å². The molecule has 0 aliphatic heterocycles. The van der Waals surface area contributed by atoms with E-state index in [0.717, 1.165) is 32.1 Å². The molecule has 0 bridgehead atoms. The number of allylic oxidation sites excluding steroid dienone is 6. The SMILES string of the molecule is CCCCC/C=C\C/C=C\C/C=C\CCCCC(=O)NCCOCCOCCOCCC(C)=O. The Morgan fingerprint density at radius 3 is 1.76 bits per heavy atom. The molecule has 0 aliphatic carbocycles. The highest BCUT2D eigenvalue weighted by Gasteiger charge is 2.00. The van der Waals surface area contributed by atoms with Crippen LogP contribution in [0.15, 0.2) is 36.5 Å². The van der Waals surface area contributed by atoms with E-state index in [0.29, 0.717) is 59.0 Å². The molecule has 6 heteroatoms. The normalized spacial score (nSPS) is 11.8. The molecule has 0 heterocycles. The number of carbonyl (C=O) groups is 2. The average Bonchev–Trinajstić information content (AvgIpc) is 2.82. The fraction of sp³-hybridized carbons (Fsp3) is 0.714. The van der Waals surface area contributed by atoms with Gasteiger partial charge in [0.25, 0.3) is 0 Å². The molecule has 1 amide bonds. The third-order valence-corrected chi connectivity index (χ3v) is 4.95. The summed E-state index contributed by atoms with van der Waals surface area (Å²) in [7, 11) is 0.